The van der Waals surface area contributed by atoms with E-state index >= 15 is 0 Å². The molecule has 0 amide bonds. The number of rotatable bonds is 5. The summed E-state index contributed by atoms with van der Waals surface area (Å²) in [5.41, 5.74) is 15.6. The fourth-order valence-corrected chi connectivity index (χ4v) is 3.47. The SMILES string of the molecule is CC(Oc1nc(-c2ccc(N3CCN(C)CC3)cc2)cnc1N)c1ccnc(N)c1. The number of ether oxygens (including phenoxy) is 1. The van der Waals surface area contributed by atoms with Gasteiger partial charge in [-0.15, -0.1) is 0 Å². The highest BCUT2D eigenvalue weighted by molar-refractivity contribution is 5.64. The molecule has 156 valence electrons. The van der Waals surface area contributed by atoms with E-state index in [0.717, 1.165) is 37.3 Å². The molecule has 1 aromatic carbocycles. The van der Waals surface area contributed by atoms with Crippen LogP contribution in [0.3, 0.4) is 0 Å². The van der Waals surface area contributed by atoms with Crippen LogP contribution in [0.1, 0.15) is 18.6 Å². The summed E-state index contributed by atoms with van der Waals surface area (Å²) in [6.07, 6.45) is 3.03. The molecule has 30 heavy (non-hydrogen) atoms. The maximum atomic E-state index is 6.01. The van der Waals surface area contributed by atoms with Gasteiger partial charge in [0.25, 0.3) is 5.88 Å². The Balaban J connectivity index is 1.51. The zero-order valence-electron chi connectivity index (χ0n) is 17.3. The van der Waals surface area contributed by atoms with Gasteiger partial charge in [-0.2, -0.15) is 0 Å². The number of likely N-dealkylation sites (N-methyl/N-ethyl adjacent to an activating group) is 1. The van der Waals surface area contributed by atoms with E-state index in [-0.39, 0.29) is 11.9 Å². The van der Waals surface area contributed by atoms with Crippen molar-refractivity contribution in [1.29, 1.82) is 0 Å². The monoisotopic (exact) mass is 405 g/mol. The first-order valence-corrected chi connectivity index (χ1v) is 10.0. The zero-order chi connectivity index (χ0) is 21.1. The average molecular weight is 406 g/mol. The Morgan fingerprint density at radius 1 is 1.00 bits per heavy atom. The Hall–Kier alpha value is -3.39. The third-order valence-electron chi connectivity index (χ3n) is 5.36. The van der Waals surface area contributed by atoms with E-state index in [4.69, 9.17) is 16.2 Å². The molecule has 1 fully saturated rings. The molecule has 0 spiro atoms. The maximum absolute atomic E-state index is 6.01. The predicted molar refractivity (Wildman–Crippen MR) is 119 cm³/mol. The lowest BCUT2D eigenvalue weighted by molar-refractivity contribution is 0.218. The minimum absolute atomic E-state index is 0.252. The summed E-state index contributed by atoms with van der Waals surface area (Å²) >= 11 is 0. The molecule has 1 aliphatic heterocycles. The first kappa shape index (κ1) is 19.9. The van der Waals surface area contributed by atoms with Crippen LogP contribution in [0.4, 0.5) is 17.3 Å². The Labute approximate surface area is 176 Å². The molecule has 0 saturated carbocycles. The Bertz CT molecular complexity index is 1000. The summed E-state index contributed by atoms with van der Waals surface area (Å²) in [5, 5.41) is 0. The molecule has 3 heterocycles. The minimum atomic E-state index is -0.290. The molecule has 0 radical (unpaired) electrons. The molecule has 8 heteroatoms. The van der Waals surface area contributed by atoms with Gasteiger partial charge in [0.15, 0.2) is 5.82 Å². The van der Waals surface area contributed by atoms with E-state index in [2.05, 4.69) is 56.1 Å². The van der Waals surface area contributed by atoms with Crippen molar-refractivity contribution in [3.63, 3.8) is 0 Å². The van der Waals surface area contributed by atoms with Crippen LogP contribution >= 0.6 is 0 Å². The van der Waals surface area contributed by atoms with Gasteiger partial charge in [0.1, 0.15) is 11.9 Å². The summed E-state index contributed by atoms with van der Waals surface area (Å²) in [5.74, 6) is 0.997. The number of aromatic nitrogens is 3. The third kappa shape index (κ3) is 4.44. The number of benzene rings is 1. The van der Waals surface area contributed by atoms with Gasteiger partial charge in [-0.1, -0.05) is 12.1 Å². The highest BCUT2D eigenvalue weighted by Crippen LogP contribution is 2.28. The van der Waals surface area contributed by atoms with Gasteiger partial charge in [0.2, 0.25) is 0 Å². The highest BCUT2D eigenvalue weighted by atomic mass is 16.5. The predicted octanol–water partition coefficient (Wildman–Crippen LogP) is 2.59. The van der Waals surface area contributed by atoms with Crippen LogP contribution in [0.5, 0.6) is 5.88 Å². The fourth-order valence-electron chi connectivity index (χ4n) is 3.47. The second-order valence-corrected chi connectivity index (χ2v) is 7.56. The zero-order valence-corrected chi connectivity index (χ0v) is 17.3. The van der Waals surface area contributed by atoms with Gasteiger partial charge in [-0.25, -0.2) is 15.0 Å². The molecule has 2 aromatic heterocycles. The first-order chi connectivity index (χ1) is 14.5. The second kappa shape index (κ2) is 8.54. The van der Waals surface area contributed by atoms with E-state index in [1.54, 1.807) is 18.5 Å². The van der Waals surface area contributed by atoms with Gasteiger partial charge in [0.05, 0.1) is 11.9 Å². The molecule has 1 atom stereocenters. The van der Waals surface area contributed by atoms with Crippen LogP contribution in [-0.2, 0) is 0 Å². The van der Waals surface area contributed by atoms with Gasteiger partial charge < -0.3 is 26.0 Å². The van der Waals surface area contributed by atoms with E-state index in [1.807, 2.05) is 13.0 Å². The average Bonchev–Trinajstić information content (AvgIpc) is 2.76. The van der Waals surface area contributed by atoms with Gasteiger partial charge in [-0.3, -0.25) is 0 Å². The van der Waals surface area contributed by atoms with Crippen LogP contribution in [0.25, 0.3) is 11.3 Å². The molecule has 3 aromatic rings. The number of piperazine rings is 1. The number of hydrogen-bond donors (Lipinski definition) is 2. The largest absolute Gasteiger partial charge is 0.467 e. The van der Waals surface area contributed by atoms with Crippen LogP contribution in [0.2, 0.25) is 0 Å². The molecule has 0 aliphatic carbocycles. The summed E-state index contributed by atoms with van der Waals surface area (Å²) in [7, 11) is 2.16. The van der Waals surface area contributed by atoms with Crippen molar-refractivity contribution in [3.05, 3.63) is 54.4 Å². The number of pyridine rings is 1. The van der Waals surface area contributed by atoms with Crippen molar-refractivity contribution in [2.24, 2.45) is 0 Å². The quantitative estimate of drug-likeness (QED) is 0.667. The number of nitrogens with zero attached hydrogens (tertiary/aromatic N) is 5. The molecule has 1 aliphatic rings. The lowest BCUT2D eigenvalue weighted by Crippen LogP contribution is -2.44. The normalized spacial score (nSPS) is 15.7. The summed E-state index contributed by atoms with van der Waals surface area (Å²) in [6.45, 7) is 6.13. The minimum Gasteiger partial charge on any atom is -0.467 e. The Morgan fingerprint density at radius 3 is 2.43 bits per heavy atom. The van der Waals surface area contributed by atoms with E-state index in [9.17, 15) is 0 Å². The van der Waals surface area contributed by atoms with E-state index in [0.29, 0.717) is 17.4 Å². The summed E-state index contributed by atoms with van der Waals surface area (Å²) < 4.78 is 5.98. The standard InChI is InChI=1S/C22H27N7O/c1-15(17-7-8-25-20(23)13-17)30-22-21(24)26-14-19(27-22)16-3-5-18(6-4-16)29-11-9-28(2)10-12-29/h3-8,13-15H,9-12H2,1-2H3,(H2,23,25)(H2,24,26). The molecule has 1 saturated heterocycles. The van der Waals surface area contributed by atoms with Crippen LogP contribution in [0, 0.1) is 0 Å². The van der Waals surface area contributed by atoms with E-state index in [1.165, 1.54) is 5.69 Å². The fraction of sp³-hybridized carbons (Fsp3) is 0.318. The third-order valence-corrected chi connectivity index (χ3v) is 5.36. The number of nitrogens with two attached hydrogens (primary N) is 2. The maximum Gasteiger partial charge on any atom is 0.258 e. The first-order valence-electron chi connectivity index (χ1n) is 10.0. The molecule has 1 unspecified atom stereocenters. The van der Waals surface area contributed by atoms with Crippen LogP contribution < -0.4 is 21.1 Å². The molecule has 8 nitrogen and oxygen atoms in total. The van der Waals surface area contributed by atoms with E-state index < -0.39 is 0 Å². The number of hydrogen-bond acceptors (Lipinski definition) is 8. The van der Waals surface area contributed by atoms with Gasteiger partial charge in [-0.05, 0) is 43.8 Å². The van der Waals surface area contributed by atoms with Crippen molar-refractivity contribution < 1.29 is 4.74 Å². The van der Waals surface area contributed by atoms with Gasteiger partial charge in [0, 0.05) is 43.6 Å². The molecular weight excluding hydrogens is 378 g/mol. The van der Waals surface area contributed by atoms with Crippen molar-refractivity contribution in [2.45, 2.75) is 13.0 Å². The van der Waals surface area contributed by atoms with Crippen molar-refractivity contribution >= 4 is 17.3 Å². The topological polar surface area (TPSA) is 106 Å². The second-order valence-electron chi connectivity index (χ2n) is 7.56. The summed E-state index contributed by atoms with van der Waals surface area (Å²) in [6, 6.07) is 12.0. The van der Waals surface area contributed by atoms with Crippen LogP contribution in [-0.4, -0.2) is 53.1 Å². The number of nitrogen functional groups attached to an aromatic ring is 2. The lowest BCUT2D eigenvalue weighted by atomic mass is 10.1. The van der Waals surface area contributed by atoms with Crippen molar-refractivity contribution in [3.8, 4) is 17.1 Å². The molecule has 0 bridgehead atoms. The molecule has 4 N–H and O–H groups in total. The van der Waals surface area contributed by atoms with Crippen LogP contribution in [0.15, 0.2) is 48.8 Å². The smallest absolute Gasteiger partial charge is 0.258 e. The summed E-state index contributed by atoms with van der Waals surface area (Å²) in [4.78, 5) is 17.6. The lowest BCUT2D eigenvalue weighted by Gasteiger charge is -2.34. The Kier molecular flexibility index (Phi) is 5.67. The number of anilines is 3. The highest BCUT2D eigenvalue weighted by Gasteiger charge is 2.16. The molecular formula is C22H27N7O. The van der Waals surface area contributed by atoms with Gasteiger partial charge >= 0.3 is 0 Å². The molecule has 4 rings (SSSR count). The Morgan fingerprint density at radius 2 is 1.73 bits per heavy atom. The van der Waals surface area contributed by atoms with Crippen molar-refractivity contribution in [2.75, 3.05) is 49.6 Å². The van der Waals surface area contributed by atoms with Crippen molar-refractivity contribution in [1.82, 2.24) is 19.9 Å².